The van der Waals surface area contributed by atoms with Crippen molar-refractivity contribution in [1.29, 1.82) is 0 Å². The molecule has 0 aliphatic heterocycles. The van der Waals surface area contributed by atoms with E-state index < -0.39 is 12.0 Å². The maximum atomic E-state index is 11.0. The average molecular weight is 201 g/mol. The number of nitrogens with two attached hydrogens (primary N) is 1. The first-order chi connectivity index (χ1) is 6.16. The molecule has 0 radical (unpaired) electrons. The molecular formula is C8H9ClN2O2. The summed E-state index contributed by atoms with van der Waals surface area (Å²) in [6, 6.07) is 0.740. The van der Waals surface area contributed by atoms with E-state index in [0.29, 0.717) is 10.6 Å². The summed E-state index contributed by atoms with van der Waals surface area (Å²) in [7, 11) is 1.28. The van der Waals surface area contributed by atoms with Crippen LogP contribution >= 0.6 is 11.6 Å². The number of nitrogens with zero attached hydrogens (tertiary/aromatic N) is 1. The van der Waals surface area contributed by atoms with Gasteiger partial charge in [-0.15, -0.1) is 0 Å². The molecule has 1 atom stereocenters. The van der Waals surface area contributed by atoms with E-state index in [-0.39, 0.29) is 0 Å². The van der Waals surface area contributed by atoms with Crippen LogP contribution in [-0.4, -0.2) is 18.1 Å². The van der Waals surface area contributed by atoms with Gasteiger partial charge < -0.3 is 10.5 Å². The van der Waals surface area contributed by atoms with Gasteiger partial charge in [-0.25, -0.2) is 0 Å². The number of carbonyl (C=O) groups is 1. The van der Waals surface area contributed by atoms with Crippen molar-refractivity contribution >= 4 is 17.6 Å². The maximum absolute atomic E-state index is 11.0. The molecule has 0 fully saturated rings. The minimum Gasteiger partial charge on any atom is -0.468 e. The van der Waals surface area contributed by atoms with Crippen molar-refractivity contribution in [3.05, 3.63) is 29.0 Å². The van der Waals surface area contributed by atoms with Gasteiger partial charge in [-0.3, -0.25) is 9.78 Å². The molecule has 0 aliphatic carbocycles. The fraction of sp³-hybridized carbons (Fsp3) is 0.250. The van der Waals surface area contributed by atoms with Crippen molar-refractivity contribution in [2.75, 3.05) is 7.11 Å². The fourth-order valence-electron chi connectivity index (χ4n) is 0.892. The molecule has 0 aliphatic rings. The number of ether oxygens (including phenoxy) is 1. The van der Waals surface area contributed by atoms with Crippen LogP contribution in [0.5, 0.6) is 0 Å². The van der Waals surface area contributed by atoms with Crippen LogP contribution in [0.1, 0.15) is 11.6 Å². The summed E-state index contributed by atoms with van der Waals surface area (Å²) < 4.78 is 4.48. The first kappa shape index (κ1) is 9.95. The third-order valence-corrected chi connectivity index (χ3v) is 1.91. The Hall–Kier alpha value is -1.13. The standard InChI is InChI=1S/C8H9ClN2O2/c1-13-8(12)7(10)5-2-3-11-4-6(5)9/h2-4,7H,10H2,1H3/t7-/m0/s1. The monoisotopic (exact) mass is 200 g/mol. The highest BCUT2D eigenvalue weighted by Gasteiger charge is 2.18. The predicted molar refractivity (Wildman–Crippen MR) is 48.2 cm³/mol. The van der Waals surface area contributed by atoms with Crippen LogP contribution < -0.4 is 5.73 Å². The van der Waals surface area contributed by atoms with Crippen molar-refractivity contribution in [3.63, 3.8) is 0 Å². The van der Waals surface area contributed by atoms with Gasteiger partial charge in [-0.1, -0.05) is 11.6 Å². The van der Waals surface area contributed by atoms with Gasteiger partial charge >= 0.3 is 5.97 Å². The van der Waals surface area contributed by atoms with Gasteiger partial charge in [0.05, 0.1) is 12.1 Å². The first-order valence-corrected chi connectivity index (χ1v) is 3.97. The minimum atomic E-state index is -0.847. The Kier molecular flexibility index (Phi) is 3.22. The van der Waals surface area contributed by atoms with Crippen LogP contribution in [0.15, 0.2) is 18.5 Å². The van der Waals surface area contributed by atoms with Crippen LogP contribution in [0.3, 0.4) is 0 Å². The zero-order valence-corrected chi connectivity index (χ0v) is 7.78. The SMILES string of the molecule is COC(=O)[C@@H](N)c1ccncc1Cl. The van der Waals surface area contributed by atoms with E-state index in [2.05, 4.69) is 9.72 Å². The molecule has 0 saturated heterocycles. The second kappa shape index (κ2) is 4.20. The summed E-state index contributed by atoms with van der Waals surface area (Å²) in [5.74, 6) is -0.520. The van der Waals surface area contributed by atoms with Gasteiger partial charge in [0, 0.05) is 18.0 Å². The second-order valence-corrected chi connectivity index (χ2v) is 2.81. The molecule has 0 amide bonds. The van der Waals surface area contributed by atoms with Gasteiger partial charge in [0.15, 0.2) is 0 Å². The Bertz CT molecular complexity index is 317. The number of pyridine rings is 1. The van der Waals surface area contributed by atoms with Crippen molar-refractivity contribution in [2.24, 2.45) is 5.73 Å². The van der Waals surface area contributed by atoms with Crippen LogP contribution in [0.25, 0.3) is 0 Å². The lowest BCUT2D eigenvalue weighted by molar-refractivity contribution is -0.142. The number of methoxy groups -OCH3 is 1. The molecule has 5 heteroatoms. The van der Waals surface area contributed by atoms with E-state index >= 15 is 0 Å². The molecule has 0 spiro atoms. The Morgan fingerprint density at radius 3 is 3.00 bits per heavy atom. The Labute approximate surface area is 80.7 Å². The van der Waals surface area contributed by atoms with E-state index in [0.717, 1.165) is 0 Å². The van der Waals surface area contributed by atoms with Crippen LogP contribution in [0, 0.1) is 0 Å². The number of carbonyl (C=O) groups excluding carboxylic acids is 1. The van der Waals surface area contributed by atoms with Gasteiger partial charge in [0.1, 0.15) is 6.04 Å². The van der Waals surface area contributed by atoms with E-state index in [1.54, 1.807) is 6.07 Å². The maximum Gasteiger partial charge on any atom is 0.327 e. The largest absolute Gasteiger partial charge is 0.468 e. The summed E-state index contributed by atoms with van der Waals surface area (Å²) in [5, 5.41) is 0.361. The molecule has 0 aromatic carbocycles. The number of hydrogen-bond donors (Lipinski definition) is 1. The fourth-order valence-corrected chi connectivity index (χ4v) is 1.13. The van der Waals surface area contributed by atoms with Crippen molar-refractivity contribution < 1.29 is 9.53 Å². The molecule has 2 N–H and O–H groups in total. The van der Waals surface area contributed by atoms with Crippen molar-refractivity contribution in [2.45, 2.75) is 6.04 Å². The Morgan fingerprint density at radius 2 is 2.46 bits per heavy atom. The van der Waals surface area contributed by atoms with Gasteiger partial charge in [-0.2, -0.15) is 0 Å². The predicted octanol–water partition coefficient (Wildman–Crippen LogP) is 0.908. The van der Waals surface area contributed by atoms with Gasteiger partial charge in [0.25, 0.3) is 0 Å². The summed E-state index contributed by atoms with van der Waals surface area (Å²) in [4.78, 5) is 14.8. The van der Waals surface area contributed by atoms with Crippen LogP contribution in [0.2, 0.25) is 5.02 Å². The molecule has 4 nitrogen and oxygen atoms in total. The number of rotatable bonds is 2. The molecule has 1 rings (SSSR count). The third-order valence-electron chi connectivity index (χ3n) is 1.59. The topological polar surface area (TPSA) is 65.2 Å². The molecule has 0 unspecified atom stereocenters. The lowest BCUT2D eigenvalue weighted by atomic mass is 10.1. The molecule has 1 aromatic rings. The van der Waals surface area contributed by atoms with E-state index in [1.807, 2.05) is 0 Å². The molecule has 70 valence electrons. The molecule has 13 heavy (non-hydrogen) atoms. The van der Waals surface area contributed by atoms with E-state index in [9.17, 15) is 4.79 Å². The van der Waals surface area contributed by atoms with Crippen LogP contribution in [0.4, 0.5) is 0 Å². The third kappa shape index (κ3) is 2.17. The Morgan fingerprint density at radius 1 is 1.77 bits per heavy atom. The smallest absolute Gasteiger partial charge is 0.327 e. The van der Waals surface area contributed by atoms with Gasteiger partial charge in [0.2, 0.25) is 0 Å². The highest BCUT2D eigenvalue weighted by molar-refractivity contribution is 6.31. The van der Waals surface area contributed by atoms with Crippen molar-refractivity contribution in [1.82, 2.24) is 4.98 Å². The number of esters is 1. The average Bonchev–Trinajstić information content (AvgIpc) is 2.16. The normalized spacial score (nSPS) is 12.2. The van der Waals surface area contributed by atoms with Crippen molar-refractivity contribution in [3.8, 4) is 0 Å². The Balaban J connectivity index is 2.95. The number of hydrogen-bond acceptors (Lipinski definition) is 4. The quantitative estimate of drug-likeness (QED) is 0.721. The highest BCUT2D eigenvalue weighted by Crippen LogP contribution is 2.20. The summed E-state index contributed by atoms with van der Waals surface area (Å²) in [5.41, 5.74) is 6.08. The lowest BCUT2D eigenvalue weighted by Crippen LogP contribution is -2.22. The number of halogens is 1. The summed E-state index contributed by atoms with van der Waals surface area (Å²) in [6.45, 7) is 0. The van der Waals surface area contributed by atoms with Crippen LogP contribution in [-0.2, 0) is 9.53 Å². The minimum absolute atomic E-state index is 0.361. The number of aromatic nitrogens is 1. The van der Waals surface area contributed by atoms with E-state index in [1.165, 1.54) is 19.5 Å². The molecule has 0 saturated carbocycles. The molecular weight excluding hydrogens is 192 g/mol. The zero-order valence-electron chi connectivity index (χ0n) is 7.03. The highest BCUT2D eigenvalue weighted by atomic mass is 35.5. The molecule has 0 bridgehead atoms. The molecule has 1 heterocycles. The van der Waals surface area contributed by atoms with Gasteiger partial charge in [-0.05, 0) is 6.07 Å². The first-order valence-electron chi connectivity index (χ1n) is 3.59. The van der Waals surface area contributed by atoms with E-state index in [4.69, 9.17) is 17.3 Å². The zero-order chi connectivity index (χ0) is 9.84. The lowest BCUT2D eigenvalue weighted by Gasteiger charge is -2.09. The second-order valence-electron chi connectivity index (χ2n) is 2.40. The molecule has 1 aromatic heterocycles. The summed E-state index contributed by atoms with van der Waals surface area (Å²) in [6.07, 6.45) is 2.95. The summed E-state index contributed by atoms with van der Waals surface area (Å²) >= 11 is 5.77.